The van der Waals surface area contributed by atoms with Crippen LogP contribution in [0.25, 0.3) is 10.8 Å². The maximum absolute atomic E-state index is 12.1. The van der Waals surface area contributed by atoms with Crippen molar-refractivity contribution < 1.29 is 64.4 Å². The molecule has 0 saturated heterocycles. The molecule has 2 aromatic carbocycles. The Kier molecular flexibility index (Phi) is 20.1. The Bertz CT molecular complexity index is 971. The van der Waals surface area contributed by atoms with Crippen LogP contribution in [-0.2, 0) is 23.0 Å². The molecule has 204 valence electrons. The first-order valence-corrected chi connectivity index (χ1v) is 16.4. The van der Waals surface area contributed by atoms with Crippen LogP contribution < -0.4 is 51.4 Å². The summed E-state index contributed by atoms with van der Waals surface area (Å²) in [5, 5.41) is 1.46. The van der Waals surface area contributed by atoms with Gasteiger partial charge in [0.05, 0.1) is 4.90 Å². The van der Waals surface area contributed by atoms with Gasteiger partial charge in [0.1, 0.15) is 10.1 Å². The van der Waals surface area contributed by atoms with Gasteiger partial charge in [0.25, 0.3) is 0 Å². The molecular weight excluding hydrogens is 504 g/mol. The summed E-state index contributed by atoms with van der Waals surface area (Å²) >= 11 is 0. The third-order valence-electron chi connectivity index (χ3n) is 7.45. The van der Waals surface area contributed by atoms with Crippen LogP contribution in [0.4, 0.5) is 0 Å². The molecule has 0 aromatic heterocycles. The molecule has 0 spiro atoms. The van der Waals surface area contributed by atoms with E-state index in [-0.39, 0.29) is 56.3 Å². The van der Waals surface area contributed by atoms with Gasteiger partial charge >= 0.3 is 51.4 Å². The van der Waals surface area contributed by atoms with Gasteiger partial charge in [-0.05, 0) is 59.7 Å². The molecule has 2 aromatic rings. The van der Waals surface area contributed by atoms with E-state index in [1.807, 2.05) is 12.1 Å². The Morgan fingerprint density at radius 3 is 1.46 bits per heavy atom. The predicted octanol–water partition coefficient (Wildman–Crippen LogP) is 6.89. The number of rotatable bonds is 21. The molecule has 0 radical (unpaired) electrons. The van der Waals surface area contributed by atoms with Gasteiger partial charge in [-0.2, -0.15) is 0 Å². The van der Waals surface area contributed by atoms with Crippen molar-refractivity contribution in [2.24, 2.45) is 0 Å². The van der Waals surface area contributed by atoms with E-state index in [9.17, 15) is 13.0 Å². The van der Waals surface area contributed by atoms with E-state index in [1.165, 1.54) is 96.3 Å². The second-order valence-corrected chi connectivity index (χ2v) is 12.1. The minimum absolute atomic E-state index is 0. The van der Waals surface area contributed by atoms with E-state index in [0.717, 1.165) is 48.6 Å². The van der Waals surface area contributed by atoms with Crippen molar-refractivity contribution in [2.75, 3.05) is 0 Å². The van der Waals surface area contributed by atoms with Crippen LogP contribution in [-0.4, -0.2) is 13.0 Å². The first-order chi connectivity index (χ1) is 17.5. The summed E-state index contributed by atoms with van der Waals surface area (Å²) in [4.78, 5) is -0.0418. The largest absolute Gasteiger partial charge is 1.00 e. The minimum Gasteiger partial charge on any atom is -0.744 e. The second kappa shape index (κ2) is 21.1. The fourth-order valence-electron chi connectivity index (χ4n) is 5.22. The zero-order valence-electron chi connectivity index (χ0n) is 24.2. The van der Waals surface area contributed by atoms with E-state index in [4.69, 9.17) is 0 Å². The maximum atomic E-state index is 12.1. The molecule has 5 heteroatoms. The maximum Gasteiger partial charge on any atom is 1.00 e. The van der Waals surface area contributed by atoms with Crippen molar-refractivity contribution in [2.45, 2.75) is 147 Å². The molecule has 0 saturated carbocycles. The first kappa shape index (κ1) is 35.3. The van der Waals surface area contributed by atoms with Crippen molar-refractivity contribution in [3.05, 3.63) is 41.5 Å². The Hall–Kier alpha value is 0.246. The molecule has 0 amide bonds. The molecule has 3 nitrogen and oxygen atoms in total. The van der Waals surface area contributed by atoms with Gasteiger partial charge in [-0.3, -0.25) is 0 Å². The number of hydrogen-bond donors (Lipinski definition) is 0. The number of unbranched alkanes of at least 4 members (excludes halogenated alkanes) is 16. The molecule has 0 aliphatic rings. The minimum atomic E-state index is -4.51. The molecule has 0 bridgehead atoms. The van der Waals surface area contributed by atoms with E-state index in [1.54, 1.807) is 6.07 Å². The van der Waals surface area contributed by atoms with E-state index in [2.05, 4.69) is 26.0 Å². The normalized spacial score (nSPS) is 11.6. The summed E-state index contributed by atoms with van der Waals surface area (Å²) in [7, 11) is -4.51. The topological polar surface area (TPSA) is 57.2 Å². The molecular formula is C32H51KO3S. The zero-order chi connectivity index (χ0) is 26.1. The standard InChI is InChI=1S/C32H52O3S.K/c1-3-5-7-9-11-13-15-17-19-21-28-23-24-30-25-29(27-32(31(30)26-28)36(33,34)35)22-20-18-16-14-12-10-8-6-4-2;/h23-27H,3-22H2,1-2H3,(H,33,34,35);/q;+1/p-1. The molecule has 37 heavy (non-hydrogen) atoms. The summed E-state index contributed by atoms with van der Waals surface area (Å²) in [5.41, 5.74) is 2.09. The summed E-state index contributed by atoms with van der Waals surface area (Å²) < 4.78 is 36.3. The first-order valence-electron chi connectivity index (χ1n) is 15.0. The van der Waals surface area contributed by atoms with Crippen molar-refractivity contribution in [1.29, 1.82) is 0 Å². The van der Waals surface area contributed by atoms with Crippen molar-refractivity contribution in [3.63, 3.8) is 0 Å². The van der Waals surface area contributed by atoms with Crippen LogP contribution in [0.5, 0.6) is 0 Å². The van der Waals surface area contributed by atoms with E-state index >= 15 is 0 Å². The number of fused-ring (bicyclic) bond motifs is 1. The van der Waals surface area contributed by atoms with Crippen LogP contribution in [0.3, 0.4) is 0 Å². The quantitative estimate of drug-likeness (QED) is 0.0958. The van der Waals surface area contributed by atoms with Gasteiger partial charge in [-0.1, -0.05) is 135 Å². The molecule has 0 N–H and O–H groups in total. The molecule has 0 unspecified atom stereocenters. The van der Waals surface area contributed by atoms with Crippen LogP contribution in [0.15, 0.2) is 35.2 Å². The molecule has 0 heterocycles. The summed E-state index contributed by atoms with van der Waals surface area (Å²) in [5.74, 6) is 0. The fraction of sp³-hybridized carbons (Fsp3) is 0.688. The Labute approximate surface area is 271 Å². The van der Waals surface area contributed by atoms with Crippen LogP contribution in [0, 0.1) is 0 Å². The fourth-order valence-corrected chi connectivity index (χ4v) is 5.96. The van der Waals surface area contributed by atoms with Gasteiger partial charge < -0.3 is 4.55 Å². The SMILES string of the molecule is CCCCCCCCCCCc1cc(S(=O)(=O)[O-])c2cc(CCCCCCCCCCC)ccc2c1.[K+]. The van der Waals surface area contributed by atoms with Crippen LogP contribution >= 0.6 is 0 Å². The number of hydrogen-bond acceptors (Lipinski definition) is 3. The molecule has 0 fully saturated rings. The smallest absolute Gasteiger partial charge is 0.744 e. The molecule has 2 rings (SSSR count). The Morgan fingerprint density at radius 1 is 0.568 bits per heavy atom. The van der Waals surface area contributed by atoms with Gasteiger partial charge in [-0.25, -0.2) is 8.42 Å². The summed E-state index contributed by atoms with van der Waals surface area (Å²) in [6, 6.07) is 9.77. The Balaban J connectivity index is 0.00000684. The van der Waals surface area contributed by atoms with Gasteiger partial charge in [0.15, 0.2) is 0 Å². The van der Waals surface area contributed by atoms with Gasteiger partial charge in [-0.15, -0.1) is 0 Å². The van der Waals surface area contributed by atoms with E-state index < -0.39 is 10.1 Å². The molecule has 0 aliphatic carbocycles. The average molecular weight is 555 g/mol. The summed E-state index contributed by atoms with van der Waals surface area (Å²) in [6.45, 7) is 4.49. The van der Waals surface area contributed by atoms with Crippen molar-refractivity contribution in [1.82, 2.24) is 0 Å². The average Bonchev–Trinajstić information content (AvgIpc) is 2.85. The number of benzene rings is 2. The summed E-state index contributed by atoms with van der Waals surface area (Å²) in [6.07, 6.45) is 24.7. The molecule has 0 atom stereocenters. The van der Waals surface area contributed by atoms with Crippen molar-refractivity contribution >= 4 is 20.9 Å². The number of aryl methyl sites for hydroxylation is 2. The second-order valence-electron chi connectivity index (χ2n) is 10.8. The zero-order valence-corrected chi connectivity index (χ0v) is 28.1. The molecule has 0 aliphatic heterocycles. The van der Waals surface area contributed by atoms with Crippen LogP contribution in [0.2, 0.25) is 0 Å². The Morgan fingerprint density at radius 2 is 1.00 bits per heavy atom. The predicted molar refractivity (Wildman–Crippen MR) is 154 cm³/mol. The van der Waals surface area contributed by atoms with E-state index in [0.29, 0.717) is 5.39 Å². The monoisotopic (exact) mass is 554 g/mol. The third kappa shape index (κ3) is 15.0. The van der Waals surface area contributed by atoms with Gasteiger partial charge in [0, 0.05) is 0 Å². The third-order valence-corrected chi connectivity index (χ3v) is 8.32. The van der Waals surface area contributed by atoms with Crippen LogP contribution in [0.1, 0.15) is 141 Å². The van der Waals surface area contributed by atoms with Gasteiger partial charge in [0.2, 0.25) is 0 Å². The van der Waals surface area contributed by atoms with Crippen molar-refractivity contribution in [3.8, 4) is 0 Å².